The van der Waals surface area contributed by atoms with Crippen LogP contribution in [0, 0.1) is 11.3 Å². The van der Waals surface area contributed by atoms with Crippen LogP contribution in [-0.2, 0) is 0 Å². The summed E-state index contributed by atoms with van der Waals surface area (Å²) in [6, 6.07) is 14.8. The van der Waals surface area contributed by atoms with Crippen molar-refractivity contribution in [1.82, 2.24) is 0 Å². The molecular weight excluding hydrogens is 374 g/mol. The second-order valence-electron chi connectivity index (χ2n) is 4.52. The zero-order chi connectivity index (χ0) is 16.8. The number of nitrogens with two attached hydrogens (primary N) is 1. The summed E-state index contributed by atoms with van der Waals surface area (Å²) in [5.41, 5.74) is 7.87. The molecule has 0 heterocycles. The van der Waals surface area contributed by atoms with Crippen LogP contribution in [0.2, 0.25) is 0 Å². The van der Waals surface area contributed by atoms with Crippen LogP contribution in [0.5, 0.6) is 5.75 Å². The lowest BCUT2D eigenvalue weighted by atomic mass is 10.1. The minimum Gasteiger partial charge on any atom is -0.487 e. The van der Waals surface area contributed by atoms with E-state index in [9.17, 15) is 0 Å². The predicted molar refractivity (Wildman–Crippen MR) is 99.9 cm³/mol. The van der Waals surface area contributed by atoms with Gasteiger partial charge in [0.05, 0.1) is 23.0 Å². The van der Waals surface area contributed by atoms with Crippen LogP contribution in [0.1, 0.15) is 5.56 Å². The smallest absolute Gasteiger partial charge is 0.175 e. The molecule has 0 aromatic heterocycles. The van der Waals surface area contributed by atoms with Gasteiger partial charge < -0.3 is 10.5 Å². The van der Waals surface area contributed by atoms with Crippen molar-refractivity contribution in [3.63, 3.8) is 0 Å². The first kappa shape index (κ1) is 17.0. The number of para-hydroxylation sites is 1. The van der Waals surface area contributed by atoms with E-state index >= 15 is 0 Å². The van der Waals surface area contributed by atoms with Gasteiger partial charge in [-0.25, -0.2) is 0 Å². The monoisotopic (exact) mass is 387 g/mol. The lowest BCUT2D eigenvalue weighted by molar-refractivity contribution is 0.364. The standard InChI is InChI=1S/C17H14BrN3OS/c1-2-9-22-16-10-12(11-19)7-8-15(16)21(17(20)23)14-6-4-3-5-13(14)18/h2-8,10H,1,9H2,(H2,20,23). The number of halogens is 1. The Morgan fingerprint density at radius 3 is 2.70 bits per heavy atom. The summed E-state index contributed by atoms with van der Waals surface area (Å²) >= 11 is 8.72. The Kier molecular flexibility index (Phi) is 5.74. The average molecular weight is 388 g/mol. The van der Waals surface area contributed by atoms with Gasteiger partial charge >= 0.3 is 0 Å². The van der Waals surface area contributed by atoms with Crippen molar-refractivity contribution in [1.29, 1.82) is 5.26 Å². The van der Waals surface area contributed by atoms with Gasteiger partial charge in [0.25, 0.3) is 0 Å². The van der Waals surface area contributed by atoms with E-state index in [1.54, 1.807) is 29.2 Å². The fourth-order valence-corrected chi connectivity index (χ4v) is 2.69. The van der Waals surface area contributed by atoms with E-state index < -0.39 is 0 Å². The molecule has 0 atom stereocenters. The number of benzene rings is 2. The van der Waals surface area contributed by atoms with Gasteiger partial charge in [-0.2, -0.15) is 5.26 Å². The SMILES string of the molecule is C=CCOc1cc(C#N)ccc1N(C(N)=S)c1ccccc1Br. The van der Waals surface area contributed by atoms with Crippen molar-refractivity contribution >= 4 is 44.6 Å². The number of thiocarbonyl (C=S) groups is 1. The van der Waals surface area contributed by atoms with E-state index in [1.807, 2.05) is 24.3 Å². The number of ether oxygens (including phenoxy) is 1. The molecule has 2 rings (SSSR count). The van der Waals surface area contributed by atoms with Crippen LogP contribution in [0.3, 0.4) is 0 Å². The third-order valence-electron chi connectivity index (χ3n) is 3.00. The molecule has 0 saturated heterocycles. The Morgan fingerprint density at radius 1 is 1.35 bits per heavy atom. The molecule has 0 spiro atoms. The van der Waals surface area contributed by atoms with Crippen LogP contribution in [0.4, 0.5) is 11.4 Å². The maximum Gasteiger partial charge on any atom is 0.175 e. The van der Waals surface area contributed by atoms with Crippen molar-refractivity contribution in [2.45, 2.75) is 0 Å². The molecule has 0 saturated carbocycles. The molecule has 4 nitrogen and oxygen atoms in total. The van der Waals surface area contributed by atoms with Crippen molar-refractivity contribution in [2.24, 2.45) is 5.73 Å². The zero-order valence-corrected chi connectivity index (χ0v) is 14.6. The summed E-state index contributed by atoms with van der Waals surface area (Å²) in [6.07, 6.45) is 1.63. The minimum absolute atomic E-state index is 0.171. The Bertz CT molecular complexity index is 786. The topological polar surface area (TPSA) is 62.3 Å². The first-order valence-electron chi connectivity index (χ1n) is 6.70. The number of nitriles is 1. The molecule has 6 heteroatoms. The lowest BCUT2D eigenvalue weighted by Crippen LogP contribution is -2.31. The van der Waals surface area contributed by atoms with Crippen molar-refractivity contribution in [3.8, 4) is 11.8 Å². The third-order valence-corrected chi connectivity index (χ3v) is 3.85. The van der Waals surface area contributed by atoms with E-state index in [0.717, 1.165) is 10.2 Å². The highest BCUT2D eigenvalue weighted by molar-refractivity contribution is 9.10. The summed E-state index contributed by atoms with van der Waals surface area (Å²) in [5, 5.41) is 9.26. The molecule has 0 aliphatic carbocycles. The van der Waals surface area contributed by atoms with E-state index in [2.05, 4.69) is 28.6 Å². The predicted octanol–water partition coefficient (Wildman–Crippen LogP) is 4.27. The van der Waals surface area contributed by atoms with Crippen LogP contribution in [0.25, 0.3) is 0 Å². The lowest BCUT2D eigenvalue weighted by Gasteiger charge is -2.26. The Hall–Kier alpha value is -2.36. The maximum atomic E-state index is 9.09. The van der Waals surface area contributed by atoms with Gasteiger partial charge in [0.1, 0.15) is 12.4 Å². The molecule has 2 aromatic carbocycles. The Labute approximate surface area is 148 Å². The molecule has 0 radical (unpaired) electrons. The van der Waals surface area contributed by atoms with Crippen molar-refractivity contribution < 1.29 is 4.74 Å². The van der Waals surface area contributed by atoms with Crippen LogP contribution in [-0.4, -0.2) is 11.7 Å². The summed E-state index contributed by atoms with van der Waals surface area (Å²) in [5.74, 6) is 0.507. The van der Waals surface area contributed by atoms with E-state index in [0.29, 0.717) is 23.6 Å². The molecule has 0 aliphatic rings. The van der Waals surface area contributed by atoms with E-state index in [-0.39, 0.29) is 5.11 Å². The Morgan fingerprint density at radius 2 is 2.09 bits per heavy atom. The van der Waals surface area contributed by atoms with Crippen LogP contribution in [0.15, 0.2) is 59.6 Å². The molecule has 0 amide bonds. The molecule has 2 aromatic rings. The summed E-state index contributed by atoms with van der Waals surface area (Å²) in [4.78, 5) is 1.69. The highest BCUT2D eigenvalue weighted by atomic mass is 79.9. The highest BCUT2D eigenvalue weighted by Crippen LogP contribution is 2.37. The number of anilines is 2. The molecular formula is C17H14BrN3OS. The summed E-state index contributed by atoms with van der Waals surface area (Å²) < 4.78 is 6.52. The molecule has 0 fully saturated rings. The second kappa shape index (κ2) is 7.77. The third kappa shape index (κ3) is 3.89. The highest BCUT2D eigenvalue weighted by Gasteiger charge is 2.19. The van der Waals surface area contributed by atoms with Gasteiger partial charge in [-0.15, -0.1) is 0 Å². The van der Waals surface area contributed by atoms with Gasteiger partial charge in [0, 0.05) is 10.5 Å². The Balaban J connectivity index is 2.60. The van der Waals surface area contributed by atoms with Crippen molar-refractivity contribution in [3.05, 3.63) is 65.2 Å². The first-order chi connectivity index (χ1) is 11.1. The molecule has 2 N–H and O–H groups in total. The second-order valence-corrected chi connectivity index (χ2v) is 5.79. The maximum absolute atomic E-state index is 9.09. The minimum atomic E-state index is 0.171. The van der Waals surface area contributed by atoms with Gasteiger partial charge in [-0.05, 0) is 52.4 Å². The molecule has 0 unspecified atom stereocenters. The number of hydrogen-bond donors (Lipinski definition) is 1. The fourth-order valence-electron chi connectivity index (χ4n) is 2.03. The van der Waals surface area contributed by atoms with E-state index in [1.165, 1.54) is 0 Å². The van der Waals surface area contributed by atoms with E-state index in [4.69, 9.17) is 28.0 Å². The zero-order valence-electron chi connectivity index (χ0n) is 12.2. The van der Waals surface area contributed by atoms with Crippen LogP contribution >= 0.6 is 28.1 Å². The quantitative estimate of drug-likeness (QED) is 0.612. The first-order valence-corrected chi connectivity index (χ1v) is 7.90. The van der Waals surface area contributed by atoms with Gasteiger partial charge in [0.2, 0.25) is 0 Å². The molecule has 0 aliphatic heterocycles. The molecule has 0 bridgehead atoms. The average Bonchev–Trinajstić information content (AvgIpc) is 2.55. The van der Waals surface area contributed by atoms with Gasteiger partial charge in [-0.3, -0.25) is 4.90 Å². The number of rotatable bonds is 5. The molecule has 23 heavy (non-hydrogen) atoms. The summed E-state index contributed by atoms with van der Waals surface area (Å²) in [6.45, 7) is 3.95. The van der Waals surface area contributed by atoms with Crippen LogP contribution < -0.4 is 15.4 Å². The fraction of sp³-hybridized carbons (Fsp3) is 0.0588. The summed E-state index contributed by atoms with van der Waals surface area (Å²) in [7, 11) is 0. The number of hydrogen-bond acceptors (Lipinski definition) is 3. The van der Waals surface area contributed by atoms with Crippen molar-refractivity contribution in [2.75, 3.05) is 11.5 Å². The normalized spacial score (nSPS) is 9.74. The van der Waals surface area contributed by atoms with Gasteiger partial charge in [0.15, 0.2) is 5.11 Å². The molecule has 116 valence electrons. The largest absolute Gasteiger partial charge is 0.487 e. The van der Waals surface area contributed by atoms with Gasteiger partial charge in [-0.1, -0.05) is 24.8 Å². The number of nitrogens with zero attached hydrogens (tertiary/aromatic N) is 2.